The van der Waals surface area contributed by atoms with E-state index >= 15 is 0 Å². The molecule has 1 unspecified atom stereocenters. The molecule has 0 saturated carbocycles. The second-order valence-corrected chi connectivity index (χ2v) is 4.51. The highest BCUT2D eigenvalue weighted by Crippen LogP contribution is 2.03. The van der Waals surface area contributed by atoms with Crippen molar-refractivity contribution < 1.29 is 13.5 Å². The predicted molar refractivity (Wildman–Crippen MR) is 40.4 cm³/mol. The fraction of sp³-hybridized carbons (Fsp3) is 1.00. The Morgan fingerprint density at radius 1 is 1.40 bits per heavy atom. The third-order valence-corrected chi connectivity index (χ3v) is 3.39. The average Bonchev–Trinajstić information content (AvgIpc) is 1.86. The van der Waals surface area contributed by atoms with Crippen molar-refractivity contribution in [3.05, 3.63) is 0 Å². The Hall–Kier alpha value is -0.0900. The second-order valence-electron chi connectivity index (χ2n) is 2.23. The molecule has 0 amide bonds. The van der Waals surface area contributed by atoms with Gasteiger partial charge in [0, 0.05) is 0 Å². The zero-order valence-corrected chi connectivity index (χ0v) is 7.19. The molecule has 0 aliphatic carbocycles. The standard InChI is InChI=1S/C6H14O3S/c1-3-5-10(8,9)6(7)4-2/h6-7H,3-5H2,1-2H3. The molecule has 0 aromatic rings. The van der Waals surface area contributed by atoms with Crippen molar-refractivity contribution in [3.63, 3.8) is 0 Å². The largest absolute Gasteiger partial charge is 0.377 e. The molecule has 10 heavy (non-hydrogen) atoms. The smallest absolute Gasteiger partial charge is 0.176 e. The first-order valence-corrected chi connectivity index (χ1v) is 5.15. The van der Waals surface area contributed by atoms with Crippen molar-refractivity contribution in [1.82, 2.24) is 0 Å². The molecule has 0 radical (unpaired) electrons. The van der Waals surface area contributed by atoms with E-state index in [2.05, 4.69) is 0 Å². The van der Waals surface area contributed by atoms with Gasteiger partial charge in [-0.25, -0.2) is 8.42 Å². The molecule has 4 heteroatoms. The fourth-order valence-electron chi connectivity index (χ4n) is 0.674. The number of hydrogen-bond donors (Lipinski definition) is 1. The van der Waals surface area contributed by atoms with Gasteiger partial charge in [-0.05, 0) is 12.8 Å². The summed E-state index contributed by atoms with van der Waals surface area (Å²) < 4.78 is 21.8. The molecule has 0 heterocycles. The lowest BCUT2D eigenvalue weighted by atomic mass is 10.5. The fourth-order valence-corrected chi connectivity index (χ4v) is 2.02. The van der Waals surface area contributed by atoms with Crippen LogP contribution in [0.3, 0.4) is 0 Å². The zero-order chi connectivity index (χ0) is 8.20. The van der Waals surface area contributed by atoms with Gasteiger partial charge >= 0.3 is 0 Å². The minimum absolute atomic E-state index is 0.0853. The molecule has 0 aromatic heterocycles. The van der Waals surface area contributed by atoms with Gasteiger partial charge < -0.3 is 5.11 Å². The summed E-state index contributed by atoms with van der Waals surface area (Å²) in [4.78, 5) is 0. The SMILES string of the molecule is CCCS(=O)(=O)C(O)CC. The van der Waals surface area contributed by atoms with E-state index in [1.54, 1.807) is 13.8 Å². The van der Waals surface area contributed by atoms with E-state index in [1.807, 2.05) is 0 Å². The van der Waals surface area contributed by atoms with E-state index in [9.17, 15) is 8.42 Å². The van der Waals surface area contributed by atoms with E-state index < -0.39 is 15.3 Å². The highest BCUT2D eigenvalue weighted by atomic mass is 32.2. The van der Waals surface area contributed by atoms with Gasteiger partial charge in [0.25, 0.3) is 0 Å². The lowest BCUT2D eigenvalue weighted by Gasteiger charge is -2.07. The lowest BCUT2D eigenvalue weighted by Crippen LogP contribution is -2.22. The van der Waals surface area contributed by atoms with Gasteiger partial charge in [0.2, 0.25) is 0 Å². The monoisotopic (exact) mass is 166 g/mol. The summed E-state index contributed by atoms with van der Waals surface area (Å²) in [5.41, 5.74) is -1.16. The molecular weight excluding hydrogens is 152 g/mol. The summed E-state index contributed by atoms with van der Waals surface area (Å²) in [6.07, 6.45) is 0.849. The Morgan fingerprint density at radius 3 is 2.20 bits per heavy atom. The maximum absolute atomic E-state index is 10.9. The topological polar surface area (TPSA) is 54.4 Å². The third-order valence-electron chi connectivity index (χ3n) is 1.25. The van der Waals surface area contributed by atoms with Crippen LogP contribution in [0.1, 0.15) is 26.7 Å². The van der Waals surface area contributed by atoms with Crippen molar-refractivity contribution in [3.8, 4) is 0 Å². The summed E-state index contributed by atoms with van der Waals surface area (Å²) in [6, 6.07) is 0. The van der Waals surface area contributed by atoms with Gasteiger partial charge in [-0.3, -0.25) is 0 Å². The molecule has 0 saturated heterocycles. The predicted octanol–water partition coefficient (Wildman–Crippen LogP) is 0.540. The minimum Gasteiger partial charge on any atom is -0.377 e. The molecule has 1 atom stereocenters. The van der Waals surface area contributed by atoms with Crippen LogP contribution in [-0.2, 0) is 9.84 Å². The van der Waals surface area contributed by atoms with Crippen molar-refractivity contribution in [2.24, 2.45) is 0 Å². The molecule has 0 aliphatic rings. The van der Waals surface area contributed by atoms with Gasteiger partial charge in [0.1, 0.15) is 0 Å². The van der Waals surface area contributed by atoms with Crippen LogP contribution in [0.25, 0.3) is 0 Å². The van der Waals surface area contributed by atoms with Crippen molar-refractivity contribution in [1.29, 1.82) is 0 Å². The Morgan fingerprint density at radius 2 is 1.90 bits per heavy atom. The zero-order valence-electron chi connectivity index (χ0n) is 6.37. The van der Waals surface area contributed by atoms with E-state index in [0.717, 1.165) is 0 Å². The van der Waals surface area contributed by atoms with Gasteiger partial charge in [0.15, 0.2) is 15.3 Å². The number of aliphatic hydroxyl groups is 1. The minimum atomic E-state index is -3.20. The third kappa shape index (κ3) is 2.66. The van der Waals surface area contributed by atoms with Crippen LogP contribution >= 0.6 is 0 Å². The maximum atomic E-state index is 10.9. The quantitative estimate of drug-likeness (QED) is 0.663. The Labute approximate surface area is 62.0 Å². The van der Waals surface area contributed by atoms with Crippen LogP contribution in [0, 0.1) is 0 Å². The first-order valence-electron chi connectivity index (χ1n) is 3.44. The number of aliphatic hydroxyl groups excluding tert-OH is 1. The molecule has 0 spiro atoms. The van der Waals surface area contributed by atoms with Gasteiger partial charge in [0.05, 0.1) is 5.75 Å². The number of rotatable bonds is 4. The first kappa shape index (κ1) is 9.91. The van der Waals surface area contributed by atoms with Crippen molar-refractivity contribution in [2.45, 2.75) is 32.1 Å². The Balaban J connectivity index is 4.12. The van der Waals surface area contributed by atoms with E-state index in [0.29, 0.717) is 6.42 Å². The molecule has 1 N–H and O–H groups in total. The summed E-state index contributed by atoms with van der Waals surface area (Å²) in [7, 11) is -3.20. The number of hydrogen-bond acceptors (Lipinski definition) is 3. The summed E-state index contributed by atoms with van der Waals surface area (Å²) in [5.74, 6) is 0.0853. The van der Waals surface area contributed by atoms with Gasteiger partial charge in [-0.15, -0.1) is 0 Å². The molecule has 0 bridgehead atoms. The molecule has 0 aliphatic heterocycles. The van der Waals surface area contributed by atoms with E-state index in [1.165, 1.54) is 0 Å². The van der Waals surface area contributed by atoms with Gasteiger partial charge in [-0.2, -0.15) is 0 Å². The normalized spacial score (nSPS) is 15.1. The van der Waals surface area contributed by atoms with Crippen LogP contribution in [0.4, 0.5) is 0 Å². The molecule has 3 nitrogen and oxygen atoms in total. The Bertz CT molecular complexity index is 171. The summed E-state index contributed by atoms with van der Waals surface area (Å²) in [5, 5.41) is 8.93. The first-order chi connectivity index (χ1) is 4.54. The molecule has 0 rings (SSSR count). The number of sulfone groups is 1. The van der Waals surface area contributed by atoms with Crippen molar-refractivity contribution in [2.75, 3.05) is 5.75 Å². The maximum Gasteiger partial charge on any atom is 0.176 e. The summed E-state index contributed by atoms with van der Waals surface area (Å²) >= 11 is 0. The van der Waals surface area contributed by atoms with Crippen LogP contribution in [0.5, 0.6) is 0 Å². The Kier molecular flexibility index (Phi) is 3.89. The average molecular weight is 166 g/mol. The molecule has 62 valence electrons. The molecule has 0 fully saturated rings. The van der Waals surface area contributed by atoms with Crippen LogP contribution in [0.15, 0.2) is 0 Å². The van der Waals surface area contributed by atoms with Gasteiger partial charge in [-0.1, -0.05) is 13.8 Å². The molecule has 0 aromatic carbocycles. The highest BCUT2D eigenvalue weighted by molar-refractivity contribution is 7.91. The van der Waals surface area contributed by atoms with Crippen LogP contribution in [0.2, 0.25) is 0 Å². The lowest BCUT2D eigenvalue weighted by molar-refractivity contribution is 0.244. The second kappa shape index (κ2) is 3.93. The van der Waals surface area contributed by atoms with E-state index in [4.69, 9.17) is 5.11 Å². The van der Waals surface area contributed by atoms with E-state index in [-0.39, 0.29) is 12.2 Å². The highest BCUT2D eigenvalue weighted by Gasteiger charge is 2.18. The molecular formula is C6H14O3S. The van der Waals surface area contributed by atoms with Crippen LogP contribution in [-0.4, -0.2) is 24.7 Å². The van der Waals surface area contributed by atoms with Crippen LogP contribution < -0.4 is 0 Å². The van der Waals surface area contributed by atoms with Crippen molar-refractivity contribution >= 4 is 9.84 Å². The summed E-state index contributed by atoms with van der Waals surface area (Å²) in [6.45, 7) is 3.43.